The monoisotopic (exact) mass is 608 g/mol. The van der Waals surface area contributed by atoms with Crippen molar-refractivity contribution in [2.45, 2.75) is 65.6 Å². The molecule has 234 valence electrons. The molecule has 0 heterocycles. The zero-order valence-electron chi connectivity index (χ0n) is 25.3. The van der Waals surface area contributed by atoms with E-state index in [-0.39, 0.29) is 38.6 Å². The fourth-order valence-electron chi connectivity index (χ4n) is 3.64. The van der Waals surface area contributed by atoms with Gasteiger partial charge in [0.05, 0.1) is 11.8 Å². The van der Waals surface area contributed by atoms with Crippen LogP contribution in [0.3, 0.4) is 0 Å². The second-order valence-corrected chi connectivity index (χ2v) is 12.8. The number of esters is 2. The Morgan fingerprint density at radius 3 is 1.29 bits per heavy atom. The molecule has 2 atom stereocenters. The number of ether oxygens (including phenoxy) is 4. The lowest BCUT2D eigenvalue weighted by atomic mass is 9.99. The summed E-state index contributed by atoms with van der Waals surface area (Å²) in [5.74, 6) is -0.573. The highest BCUT2D eigenvalue weighted by Crippen LogP contribution is 2.25. The molecule has 12 heteroatoms. The van der Waals surface area contributed by atoms with E-state index in [1.807, 2.05) is 65.8 Å². The summed E-state index contributed by atoms with van der Waals surface area (Å²) in [5, 5.41) is 0. The molecule has 0 radical (unpaired) electrons. The largest absolute Gasteiger partial charge is 0.467 e. The lowest BCUT2D eigenvalue weighted by Crippen LogP contribution is -2.33. The van der Waals surface area contributed by atoms with Crippen molar-refractivity contribution < 1.29 is 42.1 Å². The average Bonchev–Trinajstić information content (AvgIpc) is 2.90. The third-order valence-electron chi connectivity index (χ3n) is 5.66. The van der Waals surface area contributed by atoms with Crippen LogP contribution in [-0.2, 0) is 45.5 Å². The molecule has 0 aliphatic carbocycles. The fraction of sp³-hybridized carbons (Fsp3) is 0.533. The number of carbonyl (C=O) groups excluding carboxylic acids is 2. The van der Waals surface area contributed by atoms with Crippen LogP contribution < -0.4 is 20.9 Å². The van der Waals surface area contributed by atoms with Crippen molar-refractivity contribution in [2.24, 2.45) is 23.3 Å². The molecule has 11 nitrogen and oxygen atoms in total. The van der Waals surface area contributed by atoms with Crippen LogP contribution in [0.2, 0.25) is 0 Å². The Morgan fingerprint density at radius 1 is 0.667 bits per heavy atom. The smallest absolute Gasteiger partial charge is 0.324 e. The zero-order chi connectivity index (χ0) is 31.3. The van der Waals surface area contributed by atoms with E-state index in [1.54, 1.807) is 24.3 Å². The third-order valence-corrected chi connectivity index (χ3v) is 6.37. The van der Waals surface area contributed by atoms with Crippen LogP contribution >= 0.6 is 8.25 Å². The summed E-state index contributed by atoms with van der Waals surface area (Å²) in [6.45, 7) is 10.7. The van der Waals surface area contributed by atoms with Crippen LogP contribution in [0, 0.1) is 11.8 Å². The molecule has 2 rings (SSSR count). The Hall–Kier alpha value is -2.95. The highest BCUT2D eigenvalue weighted by atomic mass is 31.1. The van der Waals surface area contributed by atoms with Crippen molar-refractivity contribution in [2.75, 3.05) is 26.7 Å². The van der Waals surface area contributed by atoms with Crippen molar-refractivity contribution in [3.05, 3.63) is 59.7 Å². The Morgan fingerprint density at radius 2 is 1.00 bits per heavy atom. The summed E-state index contributed by atoms with van der Waals surface area (Å²) < 4.78 is 44.0. The third kappa shape index (κ3) is 13.8. The first-order valence-corrected chi connectivity index (χ1v) is 15.0. The van der Waals surface area contributed by atoms with Crippen LogP contribution in [0.25, 0.3) is 0 Å². The van der Waals surface area contributed by atoms with Crippen molar-refractivity contribution in [3.8, 4) is 11.5 Å². The summed E-state index contributed by atoms with van der Waals surface area (Å²) in [6.07, 6.45) is 0.875. The standard InChI is InChI=1S/C30H45N2O9P/c1-29(2,3)40-27(33)23(17-31)15-21-7-11-25(12-8-21)36-19-38-42(35)39-20-37-26-13-9-22(10-14-26)16-24(18-32)28(34)41-30(4,5)6/h7-14,23-24,42H,15-20,31-32H2,1-6H3. The first kappa shape index (κ1) is 35.2. The van der Waals surface area contributed by atoms with Gasteiger partial charge in [0.2, 0.25) is 0 Å². The van der Waals surface area contributed by atoms with Gasteiger partial charge in [0.1, 0.15) is 22.7 Å². The number of benzene rings is 2. The molecule has 0 aliphatic rings. The number of rotatable bonds is 16. The van der Waals surface area contributed by atoms with Gasteiger partial charge in [-0.1, -0.05) is 24.3 Å². The van der Waals surface area contributed by atoms with E-state index in [0.717, 1.165) is 11.1 Å². The van der Waals surface area contributed by atoms with Crippen molar-refractivity contribution in [1.29, 1.82) is 0 Å². The Bertz CT molecular complexity index is 1050. The minimum absolute atomic E-state index is 0.176. The minimum atomic E-state index is -2.86. The van der Waals surface area contributed by atoms with Crippen LogP contribution in [0.4, 0.5) is 0 Å². The van der Waals surface area contributed by atoms with Crippen LogP contribution in [-0.4, -0.2) is 49.8 Å². The fourth-order valence-corrected chi connectivity index (χ4v) is 4.04. The summed E-state index contributed by atoms with van der Waals surface area (Å²) >= 11 is 0. The molecule has 0 spiro atoms. The second kappa shape index (κ2) is 16.6. The summed E-state index contributed by atoms with van der Waals surface area (Å²) in [6, 6.07) is 14.1. The zero-order valence-corrected chi connectivity index (χ0v) is 26.3. The highest BCUT2D eigenvalue weighted by Gasteiger charge is 2.25. The first-order valence-electron chi connectivity index (χ1n) is 13.8. The van der Waals surface area contributed by atoms with Crippen molar-refractivity contribution in [1.82, 2.24) is 0 Å². The van der Waals surface area contributed by atoms with Gasteiger partial charge < -0.3 is 30.4 Å². The lowest BCUT2D eigenvalue weighted by Gasteiger charge is -2.23. The molecule has 2 aromatic carbocycles. The maximum atomic E-state index is 12.3. The predicted octanol–water partition coefficient (Wildman–Crippen LogP) is 4.40. The van der Waals surface area contributed by atoms with Gasteiger partial charge >= 0.3 is 20.2 Å². The highest BCUT2D eigenvalue weighted by molar-refractivity contribution is 7.33. The Kier molecular flexibility index (Phi) is 14.0. The van der Waals surface area contributed by atoms with E-state index in [0.29, 0.717) is 24.3 Å². The SMILES string of the molecule is CC(C)(C)OC(=O)C(CN)Cc1ccc(OCO[PH](=O)OCOc2ccc(CC(CN)C(=O)OC(C)(C)C)cc2)cc1. The lowest BCUT2D eigenvalue weighted by molar-refractivity contribution is -0.160. The maximum Gasteiger partial charge on any atom is 0.324 e. The number of nitrogens with two attached hydrogens (primary N) is 2. The van der Waals surface area contributed by atoms with E-state index in [1.165, 1.54) is 0 Å². The Labute approximate surface area is 249 Å². The number of hydrogen-bond acceptors (Lipinski definition) is 11. The van der Waals surface area contributed by atoms with Gasteiger partial charge in [-0.2, -0.15) is 0 Å². The van der Waals surface area contributed by atoms with Crippen LogP contribution in [0.1, 0.15) is 52.7 Å². The molecule has 42 heavy (non-hydrogen) atoms. The van der Waals surface area contributed by atoms with Crippen LogP contribution in [0.5, 0.6) is 11.5 Å². The van der Waals surface area contributed by atoms with E-state index >= 15 is 0 Å². The van der Waals surface area contributed by atoms with E-state index < -0.39 is 31.3 Å². The van der Waals surface area contributed by atoms with Gasteiger partial charge in [-0.25, -0.2) is 0 Å². The van der Waals surface area contributed by atoms with Crippen molar-refractivity contribution in [3.63, 3.8) is 0 Å². The molecule has 0 fully saturated rings. The molecule has 2 unspecified atom stereocenters. The molecule has 0 amide bonds. The first-order chi connectivity index (χ1) is 19.7. The van der Waals surface area contributed by atoms with Gasteiger partial charge in [0.15, 0.2) is 13.6 Å². The van der Waals surface area contributed by atoms with Gasteiger partial charge in [-0.3, -0.25) is 23.2 Å². The normalized spacial score (nSPS) is 14.0. The summed E-state index contributed by atoms with van der Waals surface area (Å²) in [7, 11) is -2.86. The predicted molar refractivity (Wildman–Crippen MR) is 159 cm³/mol. The molecule has 2 aromatic rings. The molecular weight excluding hydrogens is 563 g/mol. The van der Waals surface area contributed by atoms with E-state index in [9.17, 15) is 14.2 Å². The molecular formula is C30H45N2O9P. The minimum Gasteiger partial charge on any atom is -0.467 e. The molecule has 0 aromatic heterocycles. The van der Waals surface area contributed by atoms with E-state index in [2.05, 4.69) is 0 Å². The van der Waals surface area contributed by atoms with Gasteiger partial charge in [-0.05, 0) is 89.8 Å². The van der Waals surface area contributed by atoms with Gasteiger partial charge in [-0.15, -0.1) is 0 Å². The van der Waals surface area contributed by atoms with Crippen LogP contribution in [0.15, 0.2) is 48.5 Å². The molecule has 4 N–H and O–H groups in total. The average molecular weight is 609 g/mol. The van der Waals surface area contributed by atoms with Crippen molar-refractivity contribution >= 4 is 20.2 Å². The van der Waals surface area contributed by atoms with Gasteiger partial charge in [0, 0.05) is 13.1 Å². The summed E-state index contributed by atoms with van der Waals surface area (Å²) in [5.41, 5.74) is 12.2. The van der Waals surface area contributed by atoms with Gasteiger partial charge in [0.25, 0.3) is 0 Å². The molecule has 0 bridgehead atoms. The second-order valence-electron chi connectivity index (χ2n) is 11.7. The molecule has 0 aliphatic heterocycles. The maximum absolute atomic E-state index is 12.3. The molecule has 0 saturated heterocycles. The molecule has 0 saturated carbocycles. The number of carbonyl (C=O) groups is 2. The van der Waals surface area contributed by atoms with E-state index in [4.69, 9.17) is 39.5 Å². The Balaban J connectivity index is 1.70. The quantitative estimate of drug-likeness (QED) is 0.158. The number of hydrogen-bond donors (Lipinski definition) is 2. The summed E-state index contributed by atoms with van der Waals surface area (Å²) in [4.78, 5) is 24.7. The topological polar surface area (TPSA) is 159 Å².